The highest BCUT2D eigenvalue weighted by atomic mass is 16.2. The molecule has 6 nitrogen and oxygen atoms in total. The molecule has 2 aromatic heterocycles. The molecule has 0 aliphatic carbocycles. The molecule has 0 radical (unpaired) electrons. The molecule has 2 aromatic rings. The summed E-state index contributed by atoms with van der Waals surface area (Å²) in [5, 5.41) is 0. The van der Waals surface area contributed by atoms with Crippen molar-refractivity contribution in [3.8, 4) is 0 Å². The summed E-state index contributed by atoms with van der Waals surface area (Å²) in [7, 11) is 0. The smallest absolute Gasteiger partial charge is 0.272 e. The topological polar surface area (TPSA) is 66.4 Å². The highest BCUT2D eigenvalue weighted by molar-refractivity contribution is 5.93. The predicted molar refractivity (Wildman–Crippen MR) is 91.4 cm³/mol. The Hall–Kier alpha value is -2.76. The van der Waals surface area contributed by atoms with Crippen LogP contribution in [0.1, 0.15) is 29.0 Å². The van der Waals surface area contributed by atoms with Crippen molar-refractivity contribution < 1.29 is 9.59 Å². The quantitative estimate of drug-likeness (QED) is 0.856. The van der Waals surface area contributed by atoms with Crippen molar-refractivity contribution in [2.45, 2.75) is 25.4 Å². The first-order valence-electron chi connectivity index (χ1n) is 8.63. The van der Waals surface area contributed by atoms with E-state index in [1.807, 2.05) is 29.2 Å². The molecule has 5 heterocycles. The van der Waals surface area contributed by atoms with Crippen LogP contribution in [0, 0.1) is 5.92 Å². The molecule has 6 heteroatoms. The lowest BCUT2D eigenvalue weighted by molar-refractivity contribution is -0.140. The zero-order chi connectivity index (χ0) is 17.2. The Balaban J connectivity index is 1.55. The number of amides is 2. The van der Waals surface area contributed by atoms with E-state index in [2.05, 4.69) is 9.97 Å². The Morgan fingerprint density at radius 3 is 2.56 bits per heavy atom. The van der Waals surface area contributed by atoms with Crippen LogP contribution in [0.15, 0.2) is 48.8 Å². The third-order valence-corrected chi connectivity index (χ3v) is 5.02. The van der Waals surface area contributed by atoms with E-state index in [9.17, 15) is 9.59 Å². The van der Waals surface area contributed by atoms with Crippen molar-refractivity contribution in [2.24, 2.45) is 5.92 Å². The molecule has 25 heavy (non-hydrogen) atoms. The van der Waals surface area contributed by atoms with Crippen LogP contribution in [-0.2, 0) is 11.3 Å². The molecule has 2 atom stereocenters. The molecule has 3 saturated heterocycles. The average Bonchev–Trinajstić information content (AvgIpc) is 2.95. The molecule has 3 fully saturated rings. The van der Waals surface area contributed by atoms with Crippen molar-refractivity contribution in [2.75, 3.05) is 13.1 Å². The molecule has 2 amide bonds. The third kappa shape index (κ3) is 3.12. The van der Waals surface area contributed by atoms with Gasteiger partial charge >= 0.3 is 0 Å². The van der Waals surface area contributed by atoms with Gasteiger partial charge in [0.1, 0.15) is 5.69 Å². The number of rotatable bonds is 3. The lowest BCUT2D eigenvalue weighted by atomic mass is 9.94. The monoisotopic (exact) mass is 336 g/mol. The molecular weight excluding hydrogens is 316 g/mol. The summed E-state index contributed by atoms with van der Waals surface area (Å²) in [4.78, 5) is 37.8. The number of pyridine rings is 2. The zero-order valence-corrected chi connectivity index (χ0v) is 13.9. The van der Waals surface area contributed by atoms with Crippen LogP contribution < -0.4 is 0 Å². The van der Waals surface area contributed by atoms with Crippen molar-refractivity contribution in [1.29, 1.82) is 0 Å². The fraction of sp³-hybridized carbons (Fsp3) is 0.368. The average molecular weight is 336 g/mol. The number of hydrogen-bond acceptors (Lipinski definition) is 4. The number of hydrogen-bond donors (Lipinski definition) is 0. The lowest BCUT2D eigenvalue weighted by Gasteiger charge is -2.35. The molecule has 2 bridgehead atoms. The summed E-state index contributed by atoms with van der Waals surface area (Å²) in [6, 6.07) is 11.1. The maximum atomic E-state index is 12.9. The minimum Gasteiger partial charge on any atom is -0.334 e. The van der Waals surface area contributed by atoms with Crippen LogP contribution in [0.25, 0.3) is 0 Å². The number of carbonyl (C=O) groups is 2. The van der Waals surface area contributed by atoms with Gasteiger partial charge in [0.2, 0.25) is 5.91 Å². The first-order valence-corrected chi connectivity index (χ1v) is 8.63. The summed E-state index contributed by atoms with van der Waals surface area (Å²) in [5.74, 6) is -0.0849. The summed E-state index contributed by atoms with van der Waals surface area (Å²) in [6.07, 6.45) is 5.13. The first-order chi connectivity index (χ1) is 12.2. The number of aromatic nitrogens is 2. The van der Waals surface area contributed by atoms with Gasteiger partial charge in [-0.1, -0.05) is 12.1 Å². The maximum absolute atomic E-state index is 12.9. The van der Waals surface area contributed by atoms with E-state index in [4.69, 9.17) is 0 Å². The van der Waals surface area contributed by atoms with Gasteiger partial charge in [0.15, 0.2) is 0 Å². The summed E-state index contributed by atoms with van der Waals surface area (Å²) in [5.41, 5.74) is 1.32. The van der Waals surface area contributed by atoms with Gasteiger partial charge in [0.05, 0.1) is 18.2 Å². The standard InChI is InChI=1S/C19H20N4O2/c24-18-14-7-8-16(23(18)12-15-5-1-3-9-20-15)13-22(11-14)19(25)17-6-2-4-10-21-17/h1-6,9-10,14,16H,7-8,11-13H2/t14-,16+/m1/s1. The third-order valence-electron chi connectivity index (χ3n) is 5.02. The normalized spacial score (nSPS) is 22.8. The number of carbonyl (C=O) groups excluding carboxylic acids is 2. The van der Waals surface area contributed by atoms with E-state index < -0.39 is 0 Å². The van der Waals surface area contributed by atoms with Gasteiger partial charge in [-0.2, -0.15) is 0 Å². The van der Waals surface area contributed by atoms with Gasteiger partial charge < -0.3 is 9.80 Å². The van der Waals surface area contributed by atoms with Crippen molar-refractivity contribution >= 4 is 11.8 Å². The Kier molecular flexibility index (Phi) is 4.17. The van der Waals surface area contributed by atoms with Crippen molar-refractivity contribution in [1.82, 2.24) is 19.8 Å². The predicted octanol–water partition coefficient (Wildman–Crippen LogP) is 1.74. The second-order valence-electron chi connectivity index (χ2n) is 6.64. The maximum Gasteiger partial charge on any atom is 0.272 e. The second-order valence-corrected chi connectivity index (χ2v) is 6.64. The van der Waals surface area contributed by atoms with Gasteiger partial charge in [-0.15, -0.1) is 0 Å². The van der Waals surface area contributed by atoms with Gasteiger partial charge in [0.25, 0.3) is 5.91 Å². The molecule has 0 spiro atoms. The fourth-order valence-corrected chi connectivity index (χ4v) is 3.73. The zero-order valence-electron chi connectivity index (χ0n) is 13.9. The molecule has 0 N–H and O–H groups in total. The SMILES string of the molecule is O=C(c1ccccn1)N1C[C@H]2CC[C@@H](C1)N(Cc1ccccn1)C2=O. The van der Waals surface area contributed by atoms with Gasteiger partial charge in [-0.05, 0) is 37.1 Å². The molecule has 0 unspecified atom stereocenters. The van der Waals surface area contributed by atoms with Crippen LogP contribution in [0.2, 0.25) is 0 Å². The fourth-order valence-electron chi connectivity index (χ4n) is 3.73. The van der Waals surface area contributed by atoms with Gasteiger partial charge in [-0.3, -0.25) is 19.6 Å². The summed E-state index contributed by atoms with van der Waals surface area (Å²) < 4.78 is 0. The van der Waals surface area contributed by atoms with E-state index in [-0.39, 0.29) is 23.8 Å². The first kappa shape index (κ1) is 15.7. The Labute approximate surface area is 146 Å². The summed E-state index contributed by atoms with van der Waals surface area (Å²) >= 11 is 0. The van der Waals surface area contributed by atoms with Crippen LogP contribution in [0.4, 0.5) is 0 Å². The summed E-state index contributed by atoms with van der Waals surface area (Å²) in [6.45, 7) is 1.54. The minimum absolute atomic E-state index is 0.0425. The molecular formula is C19H20N4O2. The molecule has 0 saturated carbocycles. The van der Waals surface area contributed by atoms with Crippen LogP contribution in [-0.4, -0.2) is 50.7 Å². The van der Waals surface area contributed by atoms with Crippen molar-refractivity contribution in [3.05, 3.63) is 60.2 Å². The second kappa shape index (κ2) is 6.63. The Morgan fingerprint density at radius 2 is 1.84 bits per heavy atom. The molecule has 3 aliphatic rings. The molecule has 0 aromatic carbocycles. The number of nitrogens with zero attached hydrogens (tertiary/aromatic N) is 4. The Bertz CT molecular complexity index is 766. The van der Waals surface area contributed by atoms with E-state index >= 15 is 0 Å². The van der Waals surface area contributed by atoms with Crippen LogP contribution in [0.3, 0.4) is 0 Å². The van der Waals surface area contributed by atoms with E-state index in [0.717, 1.165) is 18.5 Å². The highest BCUT2D eigenvalue weighted by Gasteiger charge is 2.42. The highest BCUT2D eigenvalue weighted by Crippen LogP contribution is 2.30. The lowest BCUT2D eigenvalue weighted by Crippen LogP contribution is -2.47. The largest absolute Gasteiger partial charge is 0.334 e. The minimum atomic E-state index is -0.130. The van der Waals surface area contributed by atoms with E-state index in [0.29, 0.717) is 25.3 Å². The van der Waals surface area contributed by atoms with Crippen LogP contribution >= 0.6 is 0 Å². The molecule has 128 valence electrons. The van der Waals surface area contributed by atoms with Gasteiger partial charge in [-0.25, -0.2) is 0 Å². The van der Waals surface area contributed by atoms with E-state index in [1.165, 1.54) is 0 Å². The van der Waals surface area contributed by atoms with Crippen LogP contribution in [0.5, 0.6) is 0 Å². The van der Waals surface area contributed by atoms with E-state index in [1.54, 1.807) is 29.4 Å². The van der Waals surface area contributed by atoms with Gasteiger partial charge in [0, 0.05) is 31.5 Å². The van der Waals surface area contributed by atoms with Crippen molar-refractivity contribution in [3.63, 3.8) is 0 Å². The molecule has 3 aliphatic heterocycles. The Morgan fingerprint density at radius 1 is 1.04 bits per heavy atom. The molecule has 5 rings (SSSR count). The number of piperidine rings is 1. The number of fused-ring (bicyclic) bond motifs is 4.